The lowest BCUT2D eigenvalue weighted by atomic mass is 10.1. The summed E-state index contributed by atoms with van der Waals surface area (Å²) in [4.78, 5) is 11.6. The van der Waals surface area contributed by atoms with E-state index in [9.17, 15) is 4.79 Å². The maximum atomic E-state index is 11.6. The summed E-state index contributed by atoms with van der Waals surface area (Å²) in [6.07, 6.45) is 7.11. The maximum absolute atomic E-state index is 11.6. The Morgan fingerprint density at radius 3 is 2.53 bits per heavy atom. The summed E-state index contributed by atoms with van der Waals surface area (Å²) < 4.78 is 0.981. The summed E-state index contributed by atoms with van der Waals surface area (Å²) >= 11 is 3.33. The van der Waals surface area contributed by atoms with Crippen LogP contribution in [0.25, 0.3) is 0 Å². The molecule has 78 valence electrons. The molecule has 0 aromatic heterocycles. The number of ketones is 1. The molecular weight excluding hydrogens is 252 g/mol. The van der Waals surface area contributed by atoms with Crippen molar-refractivity contribution >= 4 is 21.7 Å². The smallest absolute Gasteiger partial charge is 0.185 e. The molecule has 0 amide bonds. The van der Waals surface area contributed by atoms with Crippen molar-refractivity contribution in [2.24, 2.45) is 0 Å². The predicted molar refractivity (Wildman–Crippen MR) is 67.0 cm³/mol. The van der Waals surface area contributed by atoms with Crippen LogP contribution >= 0.6 is 15.9 Å². The molecule has 0 radical (unpaired) electrons. The van der Waals surface area contributed by atoms with Crippen molar-refractivity contribution in [3.8, 4) is 0 Å². The highest BCUT2D eigenvalue weighted by Crippen LogP contribution is 2.11. The minimum atomic E-state index is 0.0477. The van der Waals surface area contributed by atoms with E-state index in [1.165, 1.54) is 0 Å². The highest BCUT2D eigenvalue weighted by molar-refractivity contribution is 9.10. The van der Waals surface area contributed by atoms with E-state index in [-0.39, 0.29) is 5.78 Å². The molecule has 1 rings (SSSR count). The van der Waals surface area contributed by atoms with Crippen molar-refractivity contribution in [3.05, 3.63) is 59.1 Å². The van der Waals surface area contributed by atoms with Crippen molar-refractivity contribution in [1.82, 2.24) is 0 Å². The first-order valence-electron chi connectivity index (χ1n) is 4.81. The Hall–Kier alpha value is -1.15. The number of allylic oxidation sites excluding steroid dienone is 3. The van der Waals surface area contributed by atoms with Crippen LogP contribution in [0.15, 0.2) is 53.5 Å². The molecule has 1 aromatic rings. The van der Waals surface area contributed by atoms with Gasteiger partial charge in [0, 0.05) is 10.0 Å². The molecule has 0 heterocycles. The summed E-state index contributed by atoms with van der Waals surface area (Å²) in [5.41, 5.74) is 0.716. The molecule has 0 aliphatic carbocycles. The maximum Gasteiger partial charge on any atom is 0.185 e. The Kier molecular flexibility index (Phi) is 5.05. The van der Waals surface area contributed by atoms with Gasteiger partial charge in [-0.3, -0.25) is 4.79 Å². The average molecular weight is 265 g/mol. The minimum Gasteiger partial charge on any atom is -0.289 e. The third kappa shape index (κ3) is 4.26. The Morgan fingerprint density at radius 2 is 1.93 bits per heavy atom. The number of carbonyl (C=O) groups excluding carboxylic acids is 1. The normalized spacial score (nSPS) is 10.5. The van der Waals surface area contributed by atoms with Crippen LogP contribution in [-0.2, 0) is 0 Å². The summed E-state index contributed by atoms with van der Waals surface area (Å²) in [5, 5.41) is 0. The number of rotatable bonds is 5. The summed E-state index contributed by atoms with van der Waals surface area (Å²) in [7, 11) is 0. The van der Waals surface area contributed by atoms with Crippen molar-refractivity contribution in [3.63, 3.8) is 0 Å². The molecule has 0 atom stereocenters. The standard InChI is InChI=1S/C13H13BrO/c1-2-3-4-5-6-13(15)11-7-9-12(14)10-8-11/h2,5-10H,1,3-4H2/b6-5+. The molecule has 0 unspecified atom stereocenters. The van der Waals surface area contributed by atoms with Gasteiger partial charge in [-0.1, -0.05) is 28.1 Å². The lowest BCUT2D eigenvalue weighted by Crippen LogP contribution is -1.92. The third-order valence-electron chi connectivity index (χ3n) is 1.94. The fourth-order valence-corrected chi connectivity index (χ4v) is 1.38. The van der Waals surface area contributed by atoms with Crippen molar-refractivity contribution in [2.75, 3.05) is 0 Å². The Balaban J connectivity index is 2.57. The molecule has 0 aliphatic heterocycles. The molecule has 1 aromatic carbocycles. The van der Waals surface area contributed by atoms with E-state index < -0.39 is 0 Å². The van der Waals surface area contributed by atoms with Crippen molar-refractivity contribution < 1.29 is 4.79 Å². The number of hydrogen-bond acceptors (Lipinski definition) is 1. The molecule has 15 heavy (non-hydrogen) atoms. The molecule has 0 saturated carbocycles. The van der Waals surface area contributed by atoms with Crippen LogP contribution in [0.4, 0.5) is 0 Å². The van der Waals surface area contributed by atoms with E-state index in [2.05, 4.69) is 22.5 Å². The van der Waals surface area contributed by atoms with Crippen LogP contribution in [0.5, 0.6) is 0 Å². The zero-order valence-corrected chi connectivity index (χ0v) is 10.0. The van der Waals surface area contributed by atoms with E-state index in [1.54, 1.807) is 6.08 Å². The van der Waals surface area contributed by atoms with Crippen LogP contribution in [-0.4, -0.2) is 5.78 Å². The Morgan fingerprint density at radius 1 is 1.27 bits per heavy atom. The van der Waals surface area contributed by atoms with Gasteiger partial charge < -0.3 is 0 Å². The Labute approximate surface area is 98.6 Å². The first kappa shape index (κ1) is 11.9. The van der Waals surface area contributed by atoms with Crippen molar-refractivity contribution in [1.29, 1.82) is 0 Å². The topological polar surface area (TPSA) is 17.1 Å². The zero-order chi connectivity index (χ0) is 11.1. The van der Waals surface area contributed by atoms with Gasteiger partial charge in [0.05, 0.1) is 0 Å². The van der Waals surface area contributed by atoms with E-state index >= 15 is 0 Å². The van der Waals surface area contributed by atoms with Gasteiger partial charge in [0.2, 0.25) is 0 Å². The van der Waals surface area contributed by atoms with Crippen molar-refractivity contribution in [2.45, 2.75) is 12.8 Å². The molecule has 0 spiro atoms. The first-order valence-corrected chi connectivity index (χ1v) is 5.60. The van der Waals surface area contributed by atoms with E-state index in [0.29, 0.717) is 5.56 Å². The summed E-state index contributed by atoms with van der Waals surface area (Å²) in [6, 6.07) is 7.35. The molecule has 0 aliphatic rings. The fourth-order valence-electron chi connectivity index (χ4n) is 1.11. The van der Waals surface area contributed by atoms with Crippen LogP contribution < -0.4 is 0 Å². The number of halogens is 1. The lowest BCUT2D eigenvalue weighted by Gasteiger charge is -1.95. The lowest BCUT2D eigenvalue weighted by molar-refractivity contribution is 0.104. The van der Waals surface area contributed by atoms with E-state index in [0.717, 1.165) is 17.3 Å². The van der Waals surface area contributed by atoms with Gasteiger partial charge in [0.25, 0.3) is 0 Å². The zero-order valence-electron chi connectivity index (χ0n) is 8.45. The highest BCUT2D eigenvalue weighted by atomic mass is 79.9. The van der Waals surface area contributed by atoms with Crippen LogP contribution in [0.3, 0.4) is 0 Å². The third-order valence-corrected chi connectivity index (χ3v) is 2.46. The molecule has 0 bridgehead atoms. The second-order valence-electron chi connectivity index (χ2n) is 3.14. The van der Waals surface area contributed by atoms with E-state index in [1.807, 2.05) is 36.4 Å². The minimum absolute atomic E-state index is 0.0477. The molecule has 0 saturated heterocycles. The Bertz CT molecular complexity index is 363. The first-order chi connectivity index (χ1) is 7.24. The average Bonchev–Trinajstić information content (AvgIpc) is 2.25. The van der Waals surface area contributed by atoms with Gasteiger partial charge in [0.15, 0.2) is 5.78 Å². The van der Waals surface area contributed by atoms with Crippen LogP contribution in [0.1, 0.15) is 23.2 Å². The second-order valence-corrected chi connectivity index (χ2v) is 4.06. The molecule has 0 fully saturated rings. The predicted octanol–water partition coefficient (Wildman–Crippen LogP) is 4.15. The van der Waals surface area contributed by atoms with Gasteiger partial charge in [-0.15, -0.1) is 6.58 Å². The van der Waals surface area contributed by atoms with Gasteiger partial charge in [0.1, 0.15) is 0 Å². The number of carbonyl (C=O) groups is 1. The molecule has 1 nitrogen and oxygen atoms in total. The molecular formula is C13H13BrO. The number of hydrogen-bond donors (Lipinski definition) is 0. The van der Waals surface area contributed by atoms with Gasteiger partial charge in [-0.2, -0.15) is 0 Å². The van der Waals surface area contributed by atoms with E-state index in [4.69, 9.17) is 0 Å². The molecule has 0 N–H and O–H groups in total. The second kappa shape index (κ2) is 6.36. The summed E-state index contributed by atoms with van der Waals surface area (Å²) in [6.45, 7) is 3.62. The quantitative estimate of drug-likeness (QED) is 0.338. The number of benzene rings is 1. The SMILES string of the molecule is C=CCC/C=C/C(=O)c1ccc(Br)cc1. The van der Waals surface area contributed by atoms with Gasteiger partial charge in [-0.25, -0.2) is 0 Å². The van der Waals surface area contributed by atoms with Crippen LogP contribution in [0.2, 0.25) is 0 Å². The van der Waals surface area contributed by atoms with Gasteiger partial charge in [-0.05, 0) is 43.2 Å². The van der Waals surface area contributed by atoms with Crippen LogP contribution in [0, 0.1) is 0 Å². The van der Waals surface area contributed by atoms with Gasteiger partial charge >= 0.3 is 0 Å². The highest BCUT2D eigenvalue weighted by Gasteiger charge is 1.99. The monoisotopic (exact) mass is 264 g/mol. The summed E-state index contributed by atoms with van der Waals surface area (Å²) in [5.74, 6) is 0.0477. The largest absolute Gasteiger partial charge is 0.289 e. The fraction of sp³-hybridized carbons (Fsp3) is 0.154. The molecule has 2 heteroatoms. The number of unbranched alkanes of at least 4 members (excludes halogenated alkanes) is 1.